The standard InChI is InChI=1S/C19H27N5O/c1-14(18-23-17(24-25-18)16-4-2-3-11-21-16)22-15-5-7-19(8-6-15)9-12-20-13-10-19/h2-4,11,14-15,20,22H,5-10,12-13H2,1H3. The van der Waals surface area contributed by atoms with Gasteiger partial charge in [-0.15, -0.1) is 0 Å². The molecule has 25 heavy (non-hydrogen) atoms. The fraction of sp³-hybridized carbons (Fsp3) is 0.632. The third-order valence-corrected chi connectivity index (χ3v) is 5.90. The summed E-state index contributed by atoms with van der Waals surface area (Å²) in [7, 11) is 0. The van der Waals surface area contributed by atoms with Crippen molar-refractivity contribution < 1.29 is 4.52 Å². The van der Waals surface area contributed by atoms with Gasteiger partial charge in [-0.05, 0) is 76.1 Å². The molecule has 1 aliphatic heterocycles. The van der Waals surface area contributed by atoms with Crippen LogP contribution in [0.4, 0.5) is 0 Å². The molecule has 0 bridgehead atoms. The topological polar surface area (TPSA) is 75.9 Å². The summed E-state index contributed by atoms with van der Waals surface area (Å²) in [5, 5.41) is 11.3. The lowest BCUT2D eigenvalue weighted by Crippen LogP contribution is -2.43. The molecule has 1 unspecified atom stereocenters. The Labute approximate surface area is 148 Å². The van der Waals surface area contributed by atoms with Crippen molar-refractivity contribution in [1.29, 1.82) is 0 Å². The van der Waals surface area contributed by atoms with Gasteiger partial charge in [0.25, 0.3) is 0 Å². The fourth-order valence-corrected chi connectivity index (χ4v) is 4.29. The highest BCUT2D eigenvalue weighted by molar-refractivity contribution is 5.47. The highest BCUT2D eigenvalue weighted by Gasteiger charge is 2.36. The quantitative estimate of drug-likeness (QED) is 0.890. The Balaban J connectivity index is 1.34. The Morgan fingerprint density at radius 3 is 2.72 bits per heavy atom. The van der Waals surface area contributed by atoms with Gasteiger partial charge in [0.2, 0.25) is 11.7 Å². The predicted octanol–water partition coefficient (Wildman–Crippen LogP) is 3.09. The first-order chi connectivity index (χ1) is 12.2. The van der Waals surface area contributed by atoms with Gasteiger partial charge in [-0.1, -0.05) is 11.2 Å². The summed E-state index contributed by atoms with van der Waals surface area (Å²) < 4.78 is 5.46. The van der Waals surface area contributed by atoms with Gasteiger partial charge in [-0.2, -0.15) is 4.98 Å². The van der Waals surface area contributed by atoms with E-state index in [9.17, 15) is 0 Å². The minimum atomic E-state index is 0.0667. The second kappa shape index (κ2) is 7.22. The summed E-state index contributed by atoms with van der Waals surface area (Å²) in [6.45, 7) is 4.48. The van der Waals surface area contributed by atoms with Crippen molar-refractivity contribution in [3.63, 3.8) is 0 Å². The Kier molecular flexibility index (Phi) is 4.81. The molecule has 2 N–H and O–H groups in total. The molecule has 1 saturated heterocycles. The maximum absolute atomic E-state index is 5.46. The van der Waals surface area contributed by atoms with Gasteiger partial charge in [0.1, 0.15) is 5.69 Å². The second-order valence-electron chi connectivity index (χ2n) is 7.58. The molecule has 2 fully saturated rings. The SMILES string of the molecule is CC(NC1CCC2(CCNCC2)CC1)c1nc(-c2ccccn2)no1. The van der Waals surface area contributed by atoms with Crippen LogP contribution in [0.25, 0.3) is 11.5 Å². The Morgan fingerprint density at radius 1 is 1.20 bits per heavy atom. The number of rotatable bonds is 4. The van der Waals surface area contributed by atoms with Crippen LogP contribution in [0.5, 0.6) is 0 Å². The molecule has 0 amide bonds. The number of nitrogens with one attached hydrogen (secondary N) is 2. The van der Waals surface area contributed by atoms with E-state index in [1.807, 2.05) is 18.2 Å². The Bertz CT molecular complexity index is 670. The third-order valence-electron chi connectivity index (χ3n) is 5.90. The largest absolute Gasteiger partial charge is 0.337 e. The summed E-state index contributed by atoms with van der Waals surface area (Å²) in [5.41, 5.74) is 1.35. The monoisotopic (exact) mass is 341 g/mol. The first-order valence-corrected chi connectivity index (χ1v) is 9.46. The highest BCUT2D eigenvalue weighted by Crippen LogP contribution is 2.43. The molecular weight excluding hydrogens is 314 g/mol. The number of pyridine rings is 1. The summed E-state index contributed by atoms with van der Waals surface area (Å²) in [4.78, 5) is 8.79. The van der Waals surface area contributed by atoms with Gasteiger partial charge in [0.05, 0.1) is 6.04 Å². The average Bonchev–Trinajstić information content (AvgIpc) is 3.16. The first-order valence-electron chi connectivity index (χ1n) is 9.46. The van der Waals surface area contributed by atoms with Crippen LogP contribution in [0.1, 0.15) is 57.4 Å². The molecule has 6 nitrogen and oxygen atoms in total. The van der Waals surface area contributed by atoms with E-state index < -0.39 is 0 Å². The highest BCUT2D eigenvalue weighted by atomic mass is 16.5. The van der Waals surface area contributed by atoms with Crippen molar-refractivity contribution in [3.8, 4) is 11.5 Å². The lowest BCUT2D eigenvalue weighted by Gasteiger charge is -2.43. The van der Waals surface area contributed by atoms with E-state index in [0.29, 0.717) is 23.2 Å². The van der Waals surface area contributed by atoms with Gasteiger partial charge in [0.15, 0.2) is 0 Å². The summed E-state index contributed by atoms with van der Waals surface area (Å²) in [5.74, 6) is 1.20. The van der Waals surface area contributed by atoms with E-state index in [4.69, 9.17) is 4.52 Å². The number of hydrogen-bond acceptors (Lipinski definition) is 6. The van der Waals surface area contributed by atoms with Crippen molar-refractivity contribution in [1.82, 2.24) is 25.8 Å². The second-order valence-corrected chi connectivity index (χ2v) is 7.58. The van der Waals surface area contributed by atoms with Gasteiger partial charge < -0.3 is 15.2 Å². The van der Waals surface area contributed by atoms with Crippen LogP contribution in [-0.2, 0) is 0 Å². The molecule has 2 aromatic heterocycles. The van der Waals surface area contributed by atoms with Crippen LogP contribution < -0.4 is 10.6 Å². The number of nitrogens with zero attached hydrogens (tertiary/aromatic N) is 3. The molecule has 1 spiro atoms. The molecular formula is C19H27N5O. The van der Waals surface area contributed by atoms with Crippen LogP contribution in [0.3, 0.4) is 0 Å². The van der Waals surface area contributed by atoms with Crippen molar-refractivity contribution in [2.75, 3.05) is 13.1 Å². The normalized spacial score (nSPS) is 22.1. The van der Waals surface area contributed by atoms with Crippen LogP contribution in [0.2, 0.25) is 0 Å². The van der Waals surface area contributed by atoms with Crippen LogP contribution >= 0.6 is 0 Å². The molecule has 2 aliphatic rings. The minimum absolute atomic E-state index is 0.0667. The molecule has 4 rings (SSSR count). The molecule has 134 valence electrons. The van der Waals surface area contributed by atoms with Crippen LogP contribution in [-0.4, -0.2) is 34.3 Å². The smallest absolute Gasteiger partial charge is 0.243 e. The van der Waals surface area contributed by atoms with Gasteiger partial charge in [-0.25, -0.2) is 0 Å². The Hall–Kier alpha value is -1.79. The summed E-state index contributed by atoms with van der Waals surface area (Å²) in [6, 6.07) is 6.32. The average molecular weight is 341 g/mol. The lowest BCUT2D eigenvalue weighted by atomic mass is 9.67. The zero-order chi connectivity index (χ0) is 17.1. The fourth-order valence-electron chi connectivity index (χ4n) is 4.29. The molecule has 6 heteroatoms. The van der Waals surface area contributed by atoms with E-state index in [1.54, 1.807) is 6.20 Å². The number of piperidine rings is 1. The predicted molar refractivity (Wildman–Crippen MR) is 95.9 cm³/mol. The van der Waals surface area contributed by atoms with E-state index in [-0.39, 0.29) is 6.04 Å². The van der Waals surface area contributed by atoms with Gasteiger partial charge >= 0.3 is 0 Å². The molecule has 3 heterocycles. The summed E-state index contributed by atoms with van der Waals surface area (Å²) in [6.07, 6.45) is 9.58. The van der Waals surface area contributed by atoms with Crippen LogP contribution in [0.15, 0.2) is 28.9 Å². The van der Waals surface area contributed by atoms with Crippen molar-refractivity contribution in [2.45, 2.75) is 57.5 Å². The van der Waals surface area contributed by atoms with E-state index >= 15 is 0 Å². The maximum atomic E-state index is 5.46. The lowest BCUT2D eigenvalue weighted by molar-refractivity contribution is 0.111. The van der Waals surface area contributed by atoms with Crippen LogP contribution in [0, 0.1) is 5.41 Å². The third kappa shape index (κ3) is 3.75. The van der Waals surface area contributed by atoms with Crippen molar-refractivity contribution >= 4 is 0 Å². The van der Waals surface area contributed by atoms with E-state index in [2.05, 4.69) is 32.7 Å². The van der Waals surface area contributed by atoms with E-state index in [1.165, 1.54) is 51.6 Å². The number of aromatic nitrogens is 3. The van der Waals surface area contributed by atoms with E-state index in [0.717, 1.165) is 5.69 Å². The zero-order valence-corrected chi connectivity index (χ0v) is 14.9. The first kappa shape index (κ1) is 16.7. The van der Waals surface area contributed by atoms with Gasteiger partial charge in [-0.3, -0.25) is 4.98 Å². The molecule has 0 aromatic carbocycles. The maximum Gasteiger partial charge on any atom is 0.243 e. The minimum Gasteiger partial charge on any atom is -0.337 e. The molecule has 1 atom stereocenters. The van der Waals surface area contributed by atoms with Crippen molar-refractivity contribution in [3.05, 3.63) is 30.3 Å². The van der Waals surface area contributed by atoms with Crippen molar-refractivity contribution in [2.24, 2.45) is 5.41 Å². The molecule has 1 aliphatic carbocycles. The zero-order valence-electron chi connectivity index (χ0n) is 14.9. The Morgan fingerprint density at radius 2 is 2.00 bits per heavy atom. The molecule has 2 aromatic rings. The molecule has 0 radical (unpaired) electrons. The number of hydrogen-bond donors (Lipinski definition) is 2. The molecule has 1 saturated carbocycles. The summed E-state index contributed by atoms with van der Waals surface area (Å²) >= 11 is 0. The van der Waals surface area contributed by atoms with Gasteiger partial charge in [0, 0.05) is 12.2 Å².